The molecule has 128 valence electrons. The van der Waals surface area contributed by atoms with Gasteiger partial charge in [-0.3, -0.25) is 0 Å². The topological polar surface area (TPSA) is 78.2 Å². The maximum atomic E-state index is 12.4. The highest BCUT2D eigenvalue weighted by Gasteiger charge is 2.32. The van der Waals surface area contributed by atoms with Crippen molar-refractivity contribution in [2.75, 3.05) is 18.4 Å². The molecule has 2 aromatic carbocycles. The van der Waals surface area contributed by atoms with E-state index in [2.05, 4.69) is 16.4 Å². The van der Waals surface area contributed by atoms with Crippen molar-refractivity contribution in [2.24, 2.45) is 0 Å². The maximum absolute atomic E-state index is 12.4. The lowest BCUT2D eigenvalue weighted by atomic mass is 10.1. The first-order chi connectivity index (χ1) is 12.7. The van der Waals surface area contributed by atoms with Gasteiger partial charge in [0.2, 0.25) is 5.88 Å². The Bertz CT molecular complexity index is 1000. The zero-order valence-electron chi connectivity index (χ0n) is 13.9. The van der Waals surface area contributed by atoms with Gasteiger partial charge >= 0.3 is 6.03 Å². The summed E-state index contributed by atoms with van der Waals surface area (Å²) in [5.74, 6) is 0.406. The van der Waals surface area contributed by atoms with Crippen LogP contribution in [0.4, 0.5) is 10.5 Å². The molecule has 0 radical (unpaired) electrons. The van der Waals surface area contributed by atoms with E-state index in [1.165, 1.54) is 6.20 Å². The number of hydrogen-bond donors (Lipinski definition) is 1. The Morgan fingerprint density at radius 2 is 2.00 bits per heavy atom. The second kappa shape index (κ2) is 6.73. The van der Waals surface area contributed by atoms with Crippen LogP contribution in [-0.2, 0) is 0 Å². The molecule has 2 heterocycles. The fraction of sp³-hybridized carbons (Fsp3) is 0.150. The summed E-state index contributed by atoms with van der Waals surface area (Å²) in [5.41, 5.74) is 1.29. The van der Waals surface area contributed by atoms with E-state index in [9.17, 15) is 4.79 Å². The lowest BCUT2D eigenvalue weighted by Crippen LogP contribution is -2.57. The molecular weight excluding hydrogens is 328 g/mol. The van der Waals surface area contributed by atoms with Gasteiger partial charge < -0.3 is 15.0 Å². The molecule has 6 heteroatoms. The highest BCUT2D eigenvalue weighted by Crippen LogP contribution is 2.24. The van der Waals surface area contributed by atoms with Crippen molar-refractivity contribution >= 4 is 22.5 Å². The predicted molar refractivity (Wildman–Crippen MR) is 97.9 cm³/mol. The molecule has 1 fully saturated rings. The normalized spacial score (nSPS) is 13.7. The summed E-state index contributed by atoms with van der Waals surface area (Å²) in [6, 6.07) is 18.9. The van der Waals surface area contributed by atoms with Crippen LogP contribution in [0.1, 0.15) is 5.56 Å². The molecule has 1 aliphatic heterocycles. The summed E-state index contributed by atoms with van der Waals surface area (Å²) >= 11 is 0. The molecule has 1 aliphatic rings. The summed E-state index contributed by atoms with van der Waals surface area (Å²) in [6.07, 6.45) is 1.42. The van der Waals surface area contributed by atoms with Crippen LogP contribution in [0.2, 0.25) is 0 Å². The minimum Gasteiger partial charge on any atom is -0.471 e. The Morgan fingerprint density at radius 3 is 2.85 bits per heavy atom. The molecule has 0 spiro atoms. The number of amides is 2. The van der Waals surface area contributed by atoms with Crippen LogP contribution in [0.3, 0.4) is 0 Å². The number of nitrogens with one attached hydrogen (secondary N) is 1. The van der Waals surface area contributed by atoms with E-state index >= 15 is 0 Å². The van der Waals surface area contributed by atoms with Crippen LogP contribution in [0, 0.1) is 11.3 Å². The average Bonchev–Trinajstić information content (AvgIpc) is 2.64. The number of pyridine rings is 1. The van der Waals surface area contributed by atoms with Gasteiger partial charge in [0.1, 0.15) is 6.10 Å². The van der Waals surface area contributed by atoms with Gasteiger partial charge in [0.15, 0.2) is 0 Å². The molecule has 26 heavy (non-hydrogen) atoms. The van der Waals surface area contributed by atoms with Crippen molar-refractivity contribution in [3.8, 4) is 11.9 Å². The average molecular weight is 344 g/mol. The number of carbonyl (C=O) groups is 1. The van der Waals surface area contributed by atoms with Crippen molar-refractivity contribution in [2.45, 2.75) is 6.10 Å². The molecule has 1 N–H and O–H groups in total. The Balaban J connectivity index is 1.37. The van der Waals surface area contributed by atoms with Gasteiger partial charge in [-0.05, 0) is 17.5 Å². The summed E-state index contributed by atoms with van der Waals surface area (Å²) in [5, 5.41) is 14.0. The van der Waals surface area contributed by atoms with Crippen LogP contribution in [0.25, 0.3) is 10.8 Å². The van der Waals surface area contributed by atoms with Crippen molar-refractivity contribution in [1.82, 2.24) is 9.88 Å². The van der Waals surface area contributed by atoms with Gasteiger partial charge in [0, 0.05) is 17.6 Å². The van der Waals surface area contributed by atoms with Gasteiger partial charge in [0.05, 0.1) is 30.4 Å². The zero-order valence-corrected chi connectivity index (χ0v) is 13.9. The lowest BCUT2D eigenvalue weighted by Gasteiger charge is -2.38. The number of aromatic nitrogens is 1. The number of hydrogen-bond acceptors (Lipinski definition) is 4. The molecule has 4 rings (SSSR count). The van der Waals surface area contributed by atoms with E-state index in [-0.39, 0.29) is 12.1 Å². The molecule has 1 aromatic heterocycles. The standard InChI is InChI=1S/C20H16N4O2/c21-11-14-8-9-22-19(10-14)26-16-12-24(13-16)20(25)23-18-7-3-5-15-4-1-2-6-17(15)18/h1-10,16H,12-13H2,(H,23,25). The van der Waals surface area contributed by atoms with Gasteiger partial charge in [-0.15, -0.1) is 0 Å². The molecule has 0 unspecified atom stereocenters. The van der Waals surface area contributed by atoms with E-state index in [1.807, 2.05) is 42.5 Å². The SMILES string of the molecule is N#Cc1ccnc(OC2CN(C(=O)Nc3cccc4ccccc34)C2)c1. The van der Waals surface area contributed by atoms with Gasteiger partial charge in [-0.25, -0.2) is 9.78 Å². The van der Waals surface area contributed by atoms with Gasteiger partial charge in [-0.1, -0.05) is 36.4 Å². The Morgan fingerprint density at radius 1 is 1.19 bits per heavy atom. The van der Waals surface area contributed by atoms with E-state index in [4.69, 9.17) is 10.00 Å². The van der Waals surface area contributed by atoms with Crippen LogP contribution in [0.5, 0.6) is 5.88 Å². The summed E-state index contributed by atoms with van der Waals surface area (Å²) in [7, 11) is 0. The predicted octanol–water partition coefficient (Wildman–Crippen LogP) is 3.40. The van der Waals surface area contributed by atoms with E-state index in [1.54, 1.807) is 17.0 Å². The molecular formula is C20H16N4O2. The first-order valence-electron chi connectivity index (χ1n) is 8.29. The minimum absolute atomic E-state index is 0.116. The van der Waals surface area contributed by atoms with Crippen molar-refractivity contribution in [3.05, 3.63) is 66.4 Å². The van der Waals surface area contributed by atoms with Crippen LogP contribution in [0.15, 0.2) is 60.8 Å². The number of likely N-dealkylation sites (tertiary alicyclic amines) is 1. The molecule has 1 saturated heterocycles. The fourth-order valence-corrected chi connectivity index (χ4v) is 2.92. The van der Waals surface area contributed by atoms with E-state index in [0.29, 0.717) is 24.5 Å². The van der Waals surface area contributed by atoms with Crippen LogP contribution >= 0.6 is 0 Å². The summed E-state index contributed by atoms with van der Waals surface area (Å²) in [6.45, 7) is 0.962. The second-order valence-corrected chi connectivity index (χ2v) is 6.10. The number of ether oxygens (including phenoxy) is 1. The van der Waals surface area contributed by atoms with Gasteiger partial charge in [-0.2, -0.15) is 5.26 Å². The molecule has 0 saturated carbocycles. The van der Waals surface area contributed by atoms with Crippen LogP contribution in [-0.4, -0.2) is 35.1 Å². The Kier molecular flexibility index (Phi) is 4.12. The number of fused-ring (bicyclic) bond motifs is 1. The van der Waals surface area contributed by atoms with E-state index < -0.39 is 0 Å². The molecule has 0 bridgehead atoms. The lowest BCUT2D eigenvalue weighted by molar-refractivity contribution is 0.0461. The number of anilines is 1. The first-order valence-corrected chi connectivity index (χ1v) is 8.29. The molecule has 3 aromatic rings. The van der Waals surface area contributed by atoms with Crippen molar-refractivity contribution in [1.29, 1.82) is 5.26 Å². The number of nitrogens with zero attached hydrogens (tertiary/aromatic N) is 3. The first kappa shape index (κ1) is 15.9. The third-order valence-electron chi connectivity index (χ3n) is 4.32. The number of rotatable bonds is 3. The third-order valence-corrected chi connectivity index (χ3v) is 4.32. The number of carbonyl (C=O) groups excluding carboxylic acids is 1. The number of nitriles is 1. The molecule has 0 aliphatic carbocycles. The van der Waals surface area contributed by atoms with Crippen molar-refractivity contribution in [3.63, 3.8) is 0 Å². The highest BCUT2D eigenvalue weighted by atomic mass is 16.5. The second-order valence-electron chi connectivity index (χ2n) is 6.10. The zero-order chi connectivity index (χ0) is 17.9. The monoisotopic (exact) mass is 344 g/mol. The molecule has 2 amide bonds. The third kappa shape index (κ3) is 3.15. The number of urea groups is 1. The van der Waals surface area contributed by atoms with Gasteiger partial charge in [0.25, 0.3) is 0 Å². The highest BCUT2D eigenvalue weighted by molar-refractivity contribution is 6.01. The summed E-state index contributed by atoms with van der Waals surface area (Å²) < 4.78 is 5.71. The van der Waals surface area contributed by atoms with Crippen molar-refractivity contribution < 1.29 is 9.53 Å². The molecule has 6 nitrogen and oxygen atoms in total. The van der Waals surface area contributed by atoms with E-state index in [0.717, 1.165) is 16.5 Å². The fourth-order valence-electron chi connectivity index (χ4n) is 2.92. The minimum atomic E-state index is -0.153. The Hall–Kier alpha value is -3.59. The molecule has 0 atom stereocenters. The Labute approximate surface area is 150 Å². The smallest absolute Gasteiger partial charge is 0.322 e. The maximum Gasteiger partial charge on any atom is 0.322 e. The summed E-state index contributed by atoms with van der Waals surface area (Å²) in [4.78, 5) is 18.2. The quantitative estimate of drug-likeness (QED) is 0.790. The van der Waals surface area contributed by atoms with Crippen LogP contribution < -0.4 is 10.1 Å². The largest absolute Gasteiger partial charge is 0.471 e. The number of benzene rings is 2.